The van der Waals surface area contributed by atoms with Gasteiger partial charge in [0.05, 0.1) is 0 Å². The van der Waals surface area contributed by atoms with Gasteiger partial charge in [-0.2, -0.15) is 0 Å². The van der Waals surface area contributed by atoms with Crippen LogP contribution in [-0.2, 0) is 0 Å². The van der Waals surface area contributed by atoms with E-state index in [9.17, 15) is 0 Å². The first-order valence-corrected chi connectivity index (χ1v) is 6.51. The molecule has 1 aliphatic heterocycles. The molecule has 4 nitrogen and oxygen atoms in total. The molecule has 1 aromatic heterocycles. The molecule has 0 unspecified atom stereocenters. The largest absolute Gasteiger partial charge is 0.399 e. The number of pyridine rings is 1. The monoisotopic (exact) mass is 254 g/mol. The maximum atomic E-state index is 5.83. The number of nitrogens with zero attached hydrogens (tertiary/aromatic N) is 2. The van der Waals surface area contributed by atoms with Crippen LogP contribution in [0.5, 0.6) is 0 Å². The molecule has 94 valence electrons. The second-order valence-electron chi connectivity index (χ2n) is 4.44. The summed E-state index contributed by atoms with van der Waals surface area (Å²) in [5.41, 5.74) is 6.34. The molecule has 0 spiro atoms. The molecule has 1 aliphatic rings. The number of nitrogens with two attached hydrogens (primary N) is 1. The van der Waals surface area contributed by atoms with E-state index >= 15 is 0 Å². The summed E-state index contributed by atoms with van der Waals surface area (Å²) in [5, 5.41) is 3.69. The molecule has 0 radical (unpaired) electrons. The number of hydrogen-bond acceptors (Lipinski definition) is 4. The summed E-state index contributed by atoms with van der Waals surface area (Å²) in [4.78, 5) is 6.67. The Labute approximate surface area is 107 Å². The lowest BCUT2D eigenvalue weighted by Gasteiger charge is -2.14. The van der Waals surface area contributed by atoms with Gasteiger partial charge in [-0.05, 0) is 45.0 Å². The average Bonchev–Trinajstić information content (AvgIpc) is 2.76. The van der Waals surface area contributed by atoms with Crippen molar-refractivity contribution in [1.82, 2.24) is 9.88 Å². The fourth-order valence-corrected chi connectivity index (χ4v) is 2.35. The summed E-state index contributed by atoms with van der Waals surface area (Å²) in [5.74, 6) is 0.761. The summed E-state index contributed by atoms with van der Waals surface area (Å²) in [6.07, 6.45) is 3.81. The second-order valence-corrected chi connectivity index (χ2v) is 4.82. The maximum Gasteiger partial charge on any atom is 0.133 e. The lowest BCUT2D eigenvalue weighted by molar-refractivity contribution is 0.337. The molecule has 1 aromatic rings. The van der Waals surface area contributed by atoms with Gasteiger partial charge in [-0.1, -0.05) is 11.6 Å². The Hall–Kier alpha value is -1.00. The molecule has 1 fully saturated rings. The van der Waals surface area contributed by atoms with Crippen LogP contribution >= 0.6 is 11.6 Å². The SMILES string of the molecule is Nc1cc(Cl)nc(NCCCN2CCCC2)c1. The van der Waals surface area contributed by atoms with Gasteiger partial charge in [-0.15, -0.1) is 0 Å². The van der Waals surface area contributed by atoms with Crippen LogP contribution in [0.15, 0.2) is 12.1 Å². The third kappa shape index (κ3) is 4.06. The van der Waals surface area contributed by atoms with Crippen molar-refractivity contribution in [3.63, 3.8) is 0 Å². The molecule has 0 bridgehead atoms. The van der Waals surface area contributed by atoms with E-state index in [0.29, 0.717) is 10.8 Å². The highest BCUT2D eigenvalue weighted by atomic mass is 35.5. The molecular formula is C12H19ClN4. The fraction of sp³-hybridized carbons (Fsp3) is 0.583. The number of halogens is 1. The van der Waals surface area contributed by atoms with E-state index in [0.717, 1.165) is 25.3 Å². The average molecular weight is 255 g/mol. The van der Waals surface area contributed by atoms with Crippen molar-refractivity contribution in [2.24, 2.45) is 0 Å². The van der Waals surface area contributed by atoms with Crippen molar-refractivity contribution >= 4 is 23.1 Å². The van der Waals surface area contributed by atoms with E-state index in [1.807, 2.05) is 6.07 Å². The van der Waals surface area contributed by atoms with E-state index in [1.54, 1.807) is 6.07 Å². The maximum absolute atomic E-state index is 5.83. The molecule has 2 heterocycles. The van der Waals surface area contributed by atoms with Crippen LogP contribution in [0.2, 0.25) is 5.15 Å². The number of anilines is 2. The van der Waals surface area contributed by atoms with Gasteiger partial charge in [0, 0.05) is 18.3 Å². The topological polar surface area (TPSA) is 54.2 Å². The minimum Gasteiger partial charge on any atom is -0.399 e. The van der Waals surface area contributed by atoms with Crippen LogP contribution < -0.4 is 11.1 Å². The third-order valence-electron chi connectivity index (χ3n) is 2.97. The predicted octanol–water partition coefficient (Wildman–Crippen LogP) is 2.21. The number of nitrogen functional groups attached to an aromatic ring is 1. The normalized spacial score (nSPS) is 16.3. The highest BCUT2D eigenvalue weighted by Gasteiger charge is 2.10. The standard InChI is InChI=1S/C12H19ClN4/c13-11-8-10(14)9-12(16-11)15-4-3-7-17-5-1-2-6-17/h8-9H,1-7H2,(H3,14,15,16). The fourth-order valence-electron chi connectivity index (χ4n) is 2.13. The summed E-state index contributed by atoms with van der Waals surface area (Å²) in [6.45, 7) is 4.57. The Bertz CT molecular complexity index is 343. The number of hydrogen-bond donors (Lipinski definition) is 2. The molecule has 0 atom stereocenters. The first kappa shape index (κ1) is 12.5. The highest BCUT2D eigenvalue weighted by Crippen LogP contribution is 2.15. The van der Waals surface area contributed by atoms with Gasteiger partial charge in [0.15, 0.2) is 0 Å². The minimum absolute atomic E-state index is 0.437. The molecule has 0 aliphatic carbocycles. The Morgan fingerprint density at radius 2 is 2.12 bits per heavy atom. The lowest BCUT2D eigenvalue weighted by atomic mass is 10.3. The lowest BCUT2D eigenvalue weighted by Crippen LogP contribution is -2.22. The first-order chi connectivity index (χ1) is 8.24. The van der Waals surface area contributed by atoms with Crippen molar-refractivity contribution < 1.29 is 0 Å². The van der Waals surface area contributed by atoms with E-state index in [-0.39, 0.29) is 0 Å². The zero-order chi connectivity index (χ0) is 12.1. The van der Waals surface area contributed by atoms with Crippen LogP contribution in [0.3, 0.4) is 0 Å². The first-order valence-electron chi connectivity index (χ1n) is 6.13. The van der Waals surface area contributed by atoms with Gasteiger partial charge in [-0.25, -0.2) is 4.98 Å². The van der Waals surface area contributed by atoms with E-state index in [4.69, 9.17) is 17.3 Å². The van der Waals surface area contributed by atoms with Gasteiger partial charge in [0.25, 0.3) is 0 Å². The smallest absolute Gasteiger partial charge is 0.133 e. The molecular weight excluding hydrogens is 236 g/mol. The number of likely N-dealkylation sites (tertiary alicyclic amines) is 1. The van der Waals surface area contributed by atoms with Crippen molar-refractivity contribution in [3.8, 4) is 0 Å². The Morgan fingerprint density at radius 3 is 2.82 bits per heavy atom. The molecule has 1 saturated heterocycles. The van der Waals surface area contributed by atoms with Gasteiger partial charge in [0.2, 0.25) is 0 Å². The Kier molecular flexibility index (Phi) is 4.45. The van der Waals surface area contributed by atoms with E-state index in [1.165, 1.54) is 25.9 Å². The molecule has 0 amide bonds. The highest BCUT2D eigenvalue weighted by molar-refractivity contribution is 6.29. The van der Waals surface area contributed by atoms with Crippen LogP contribution in [0.25, 0.3) is 0 Å². The molecule has 0 saturated carbocycles. The molecule has 5 heteroatoms. The predicted molar refractivity (Wildman–Crippen MR) is 72.4 cm³/mol. The Balaban J connectivity index is 1.70. The van der Waals surface area contributed by atoms with E-state index < -0.39 is 0 Å². The summed E-state index contributed by atoms with van der Waals surface area (Å²) in [7, 11) is 0. The van der Waals surface area contributed by atoms with Gasteiger partial charge < -0.3 is 16.0 Å². The quantitative estimate of drug-likeness (QED) is 0.625. The molecule has 17 heavy (non-hydrogen) atoms. The number of aromatic nitrogens is 1. The van der Waals surface area contributed by atoms with Crippen molar-refractivity contribution in [3.05, 3.63) is 17.3 Å². The number of nitrogens with one attached hydrogen (secondary N) is 1. The van der Waals surface area contributed by atoms with Crippen LogP contribution in [0, 0.1) is 0 Å². The van der Waals surface area contributed by atoms with Gasteiger partial charge in [-0.3, -0.25) is 0 Å². The summed E-state index contributed by atoms with van der Waals surface area (Å²) >= 11 is 5.83. The van der Waals surface area contributed by atoms with Gasteiger partial charge in [0.1, 0.15) is 11.0 Å². The van der Waals surface area contributed by atoms with E-state index in [2.05, 4.69) is 15.2 Å². The molecule has 3 N–H and O–H groups in total. The molecule has 2 rings (SSSR count). The zero-order valence-electron chi connectivity index (χ0n) is 9.95. The van der Waals surface area contributed by atoms with Crippen LogP contribution in [0.1, 0.15) is 19.3 Å². The second kappa shape index (κ2) is 6.07. The Morgan fingerprint density at radius 1 is 1.35 bits per heavy atom. The number of rotatable bonds is 5. The molecule has 0 aromatic carbocycles. The van der Waals surface area contributed by atoms with Crippen molar-refractivity contribution in [2.75, 3.05) is 37.2 Å². The van der Waals surface area contributed by atoms with Crippen molar-refractivity contribution in [1.29, 1.82) is 0 Å². The summed E-state index contributed by atoms with van der Waals surface area (Å²) in [6, 6.07) is 3.46. The van der Waals surface area contributed by atoms with Gasteiger partial charge >= 0.3 is 0 Å². The zero-order valence-corrected chi connectivity index (χ0v) is 10.7. The third-order valence-corrected chi connectivity index (χ3v) is 3.17. The summed E-state index contributed by atoms with van der Waals surface area (Å²) < 4.78 is 0. The van der Waals surface area contributed by atoms with Crippen LogP contribution in [0.4, 0.5) is 11.5 Å². The van der Waals surface area contributed by atoms with Crippen molar-refractivity contribution in [2.45, 2.75) is 19.3 Å². The minimum atomic E-state index is 0.437. The van der Waals surface area contributed by atoms with Crippen LogP contribution in [-0.4, -0.2) is 36.1 Å².